The van der Waals surface area contributed by atoms with Crippen LogP contribution in [0.1, 0.15) is 44.2 Å². The molecular formula is C13H20N2O. The predicted octanol–water partition coefficient (Wildman–Crippen LogP) is 2.67. The number of pyridine rings is 1. The molecule has 2 rings (SSSR count). The number of hydrogen-bond acceptors (Lipinski definition) is 3. The minimum Gasteiger partial charge on any atom is -0.477 e. The minimum absolute atomic E-state index is 0.0209. The van der Waals surface area contributed by atoms with Gasteiger partial charge in [0.25, 0.3) is 0 Å². The maximum absolute atomic E-state index is 5.86. The maximum atomic E-state index is 5.86. The van der Waals surface area contributed by atoms with E-state index in [9.17, 15) is 0 Å². The van der Waals surface area contributed by atoms with Gasteiger partial charge in [-0.1, -0.05) is 25.3 Å². The highest BCUT2D eigenvalue weighted by Gasteiger charge is 2.17. The van der Waals surface area contributed by atoms with Crippen LogP contribution in [-0.4, -0.2) is 11.6 Å². The van der Waals surface area contributed by atoms with Crippen molar-refractivity contribution in [2.45, 2.75) is 38.6 Å². The molecule has 1 heterocycles. The largest absolute Gasteiger partial charge is 0.477 e. The molecule has 0 bridgehead atoms. The van der Waals surface area contributed by atoms with E-state index in [4.69, 9.17) is 10.5 Å². The van der Waals surface area contributed by atoms with Gasteiger partial charge in [-0.15, -0.1) is 0 Å². The summed E-state index contributed by atoms with van der Waals surface area (Å²) in [6.45, 7) is 2.72. The van der Waals surface area contributed by atoms with Gasteiger partial charge < -0.3 is 10.5 Å². The molecule has 88 valence electrons. The lowest BCUT2D eigenvalue weighted by Gasteiger charge is -2.25. The molecule has 1 aromatic heterocycles. The van der Waals surface area contributed by atoms with Crippen molar-refractivity contribution in [1.29, 1.82) is 0 Å². The van der Waals surface area contributed by atoms with Crippen LogP contribution < -0.4 is 10.5 Å². The summed E-state index contributed by atoms with van der Waals surface area (Å²) in [5.74, 6) is 1.58. The molecule has 16 heavy (non-hydrogen) atoms. The Hall–Kier alpha value is -1.09. The van der Waals surface area contributed by atoms with Gasteiger partial charge in [-0.25, -0.2) is 4.98 Å². The number of nitrogens with two attached hydrogens (primary N) is 1. The van der Waals surface area contributed by atoms with Gasteiger partial charge >= 0.3 is 0 Å². The Morgan fingerprint density at radius 1 is 1.56 bits per heavy atom. The highest BCUT2D eigenvalue weighted by atomic mass is 16.5. The van der Waals surface area contributed by atoms with E-state index in [-0.39, 0.29) is 6.04 Å². The van der Waals surface area contributed by atoms with E-state index in [1.54, 1.807) is 6.20 Å². The zero-order valence-electron chi connectivity index (χ0n) is 9.86. The molecule has 0 spiro atoms. The van der Waals surface area contributed by atoms with E-state index in [0.29, 0.717) is 5.88 Å². The lowest BCUT2D eigenvalue weighted by atomic mass is 9.83. The normalized spacial score (nSPS) is 17.9. The fourth-order valence-corrected chi connectivity index (χ4v) is 1.97. The molecule has 2 N–H and O–H groups in total. The molecule has 0 saturated heterocycles. The topological polar surface area (TPSA) is 48.1 Å². The van der Waals surface area contributed by atoms with Crippen molar-refractivity contribution in [3.8, 4) is 5.88 Å². The molecule has 1 aromatic rings. The third kappa shape index (κ3) is 2.73. The molecule has 1 unspecified atom stereocenters. The highest BCUT2D eigenvalue weighted by molar-refractivity contribution is 5.28. The number of hydrogen-bond donors (Lipinski definition) is 1. The van der Waals surface area contributed by atoms with Gasteiger partial charge in [-0.3, -0.25) is 0 Å². The molecule has 1 fully saturated rings. The van der Waals surface area contributed by atoms with Gasteiger partial charge in [0, 0.05) is 17.8 Å². The zero-order chi connectivity index (χ0) is 11.4. The van der Waals surface area contributed by atoms with E-state index in [0.717, 1.165) is 24.5 Å². The Balaban J connectivity index is 1.87. The van der Waals surface area contributed by atoms with Gasteiger partial charge in [-0.2, -0.15) is 0 Å². The maximum Gasteiger partial charge on any atom is 0.218 e. The first kappa shape index (κ1) is 11.4. The predicted molar refractivity (Wildman–Crippen MR) is 64.3 cm³/mol. The third-order valence-electron chi connectivity index (χ3n) is 3.28. The summed E-state index contributed by atoms with van der Waals surface area (Å²) < 4.78 is 5.71. The molecule has 3 nitrogen and oxygen atoms in total. The fourth-order valence-electron chi connectivity index (χ4n) is 1.97. The zero-order valence-corrected chi connectivity index (χ0v) is 9.86. The lowest BCUT2D eigenvalue weighted by molar-refractivity contribution is 0.215. The number of aromatic nitrogens is 1. The SMILES string of the molecule is CC(N)c1cccnc1OCCC1CCC1. The van der Waals surface area contributed by atoms with Crippen molar-refractivity contribution in [2.24, 2.45) is 11.7 Å². The number of rotatable bonds is 5. The molecule has 1 aliphatic rings. The second-order valence-electron chi connectivity index (χ2n) is 4.62. The van der Waals surface area contributed by atoms with Crippen LogP contribution >= 0.6 is 0 Å². The van der Waals surface area contributed by atoms with E-state index in [1.807, 2.05) is 19.1 Å². The molecular weight excluding hydrogens is 200 g/mol. The first-order chi connectivity index (χ1) is 7.77. The van der Waals surface area contributed by atoms with E-state index in [2.05, 4.69) is 4.98 Å². The Morgan fingerprint density at radius 2 is 2.38 bits per heavy atom. The summed E-state index contributed by atoms with van der Waals surface area (Å²) in [6, 6.07) is 3.86. The van der Waals surface area contributed by atoms with Crippen LogP contribution in [0.2, 0.25) is 0 Å². The van der Waals surface area contributed by atoms with Crippen molar-refractivity contribution >= 4 is 0 Å². The van der Waals surface area contributed by atoms with Gasteiger partial charge in [-0.05, 0) is 25.3 Å². The van der Waals surface area contributed by atoms with Crippen LogP contribution in [-0.2, 0) is 0 Å². The van der Waals surface area contributed by atoms with Gasteiger partial charge in [0.15, 0.2) is 0 Å². The van der Waals surface area contributed by atoms with Crippen molar-refractivity contribution in [1.82, 2.24) is 4.98 Å². The summed E-state index contributed by atoms with van der Waals surface area (Å²) in [4.78, 5) is 4.24. The summed E-state index contributed by atoms with van der Waals surface area (Å²) in [7, 11) is 0. The van der Waals surface area contributed by atoms with Crippen molar-refractivity contribution < 1.29 is 4.74 Å². The first-order valence-electron chi connectivity index (χ1n) is 6.10. The van der Waals surface area contributed by atoms with Crippen molar-refractivity contribution in [2.75, 3.05) is 6.61 Å². The fraction of sp³-hybridized carbons (Fsp3) is 0.615. The molecule has 1 aliphatic carbocycles. The quantitative estimate of drug-likeness (QED) is 0.830. The van der Waals surface area contributed by atoms with Gasteiger partial charge in [0.1, 0.15) is 0 Å². The summed E-state index contributed by atoms with van der Waals surface area (Å²) in [5.41, 5.74) is 6.86. The Kier molecular flexibility index (Phi) is 3.78. The average Bonchev–Trinajstić information content (AvgIpc) is 2.22. The second-order valence-corrected chi connectivity index (χ2v) is 4.62. The van der Waals surface area contributed by atoms with E-state index in [1.165, 1.54) is 19.3 Å². The molecule has 0 radical (unpaired) electrons. The van der Waals surface area contributed by atoms with Crippen LogP contribution in [0.4, 0.5) is 0 Å². The van der Waals surface area contributed by atoms with Gasteiger partial charge in [0.05, 0.1) is 6.61 Å². The summed E-state index contributed by atoms with van der Waals surface area (Å²) >= 11 is 0. The van der Waals surface area contributed by atoms with E-state index >= 15 is 0 Å². The Labute approximate surface area is 97.0 Å². The average molecular weight is 220 g/mol. The standard InChI is InChI=1S/C13H20N2O/c1-10(14)12-6-3-8-15-13(12)16-9-7-11-4-2-5-11/h3,6,8,10-11H,2,4-5,7,9,14H2,1H3. The number of nitrogens with zero attached hydrogens (tertiary/aromatic N) is 1. The summed E-state index contributed by atoms with van der Waals surface area (Å²) in [6.07, 6.45) is 7.02. The number of ether oxygens (including phenoxy) is 1. The van der Waals surface area contributed by atoms with Crippen LogP contribution in [0, 0.1) is 5.92 Å². The Morgan fingerprint density at radius 3 is 3.00 bits per heavy atom. The minimum atomic E-state index is -0.0209. The molecule has 3 heteroatoms. The first-order valence-corrected chi connectivity index (χ1v) is 6.10. The Bertz CT molecular complexity index is 334. The van der Waals surface area contributed by atoms with Crippen molar-refractivity contribution in [3.05, 3.63) is 23.9 Å². The summed E-state index contributed by atoms with van der Waals surface area (Å²) in [5, 5.41) is 0. The molecule has 0 amide bonds. The molecule has 1 saturated carbocycles. The van der Waals surface area contributed by atoms with Crippen LogP contribution in [0.25, 0.3) is 0 Å². The smallest absolute Gasteiger partial charge is 0.218 e. The second kappa shape index (κ2) is 5.30. The highest BCUT2D eigenvalue weighted by Crippen LogP contribution is 2.29. The molecule has 0 aliphatic heterocycles. The van der Waals surface area contributed by atoms with Crippen LogP contribution in [0.3, 0.4) is 0 Å². The molecule has 1 atom stereocenters. The van der Waals surface area contributed by atoms with Crippen molar-refractivity contribution in [3.63, 3.8) is 0 Å². The van der Waals surface area contributed by atoms with Crippen LogP contribution in [0.15, 0.2) is 18.3 Å². The monoisotopic (exact) mass is 220 g/mol. The molecule has 0 aromatic carbocycles. The van der Waals surface area contributed by atoms with Gasteiger partial charge in [0.2, 0.25) is 5.88 Å². The third-order valence-corrected chi connectivity index (χ3v) is 3.28. The van der Waals surface area contributed by atoms with Crippen LogP contribution in [0.5, 0.6) is 5.88 Å². The lowest BCUT2D eigenvalue weighted by Crippen LogP contribution is -2.16. The van der Waals surface area contributed by atoms with E-state index < -0.39 is 0 Å².